The fourth-order valence-corrected chi connectivity index (χ4v) is 4.39. The van der Waals surface area contributed by atoms with Gasteiger partial charge in [0.25, 0.3) is 0 Å². The molecule has 0 aliphatic carbocycles. The van der Waals surface area contributed by atoms with Gasteiger partial charge in [-0.2, -0.15) is 0 Å². The molecule has 0 unspecified atom stereocenters. The van der Waals surface area contributed by atoms with Gasteiger partial charge >= 0.3 is 0 Å². The number of rotatable bonds is 9. The molecule has 0 saturated carbocycles. The summed E-state index contributed by atoms with van der Waals surface area (Å²) < 4.78 is 12.9. The SMILES string of the molecule is COCCCNC(=O)CCc1cc(I)c(Oc2ccc(O)cc2)c(I)c1. The molecule has 0 atom stereocenters. The minimum atomic E-state index is 0.0514. The molecule has 26 heavy (non-hydrogen) atoms. The molecule has 0 aromatic heterocycles. The van der Waals surface area contributed by atoms with Crippen molar-refractivity contribution in [2.75, 3.05) is 20.3 Å². The standard InChI is InChI=1S/C19H21I2NO4/c1-25-10-2-9-22-18(24)8-3-13-11-16(20)19(17(21)12-13)26-15-6-4-14(23)5-7-15/h4-7,11-12,23H,2-3,8-10H2,1H3,(H,22,24). The Kier molecular flexibility index (Phi) is 8.93. The molecule has 140 valence electrons. The Balaban J connectivity index is 1.93. The lowest BCUT2D eigenvalue weighted by molar-refractivity contribution is -0.121. The van der Waals surface area contributed by atoms with E-state index >= 15 is 0 Å². The van der Waals surface area contributed by atoms with Crippen LogP contribution >= 0.6 is 45.2 Å². The van der Waals surface area contributed by atoms with Crippen molar-refractivity contribution in [2.24, 2.45) is 0 Å². The van der Waals surface area contributed by atoms with E-state index in [0.717, 1.165) is 24.9 Å². The lowest BCUT2D eigenvalue weighted by atomic mass is 10.1. The predicted molar refractivity (Wildman–Crippen MR) is 118 cm³/mol. The van der Waals surface area contributed by atoms with E-state index in [2.05, 4.69) is 50.5 Å². The van der Waals surface area contributed by atoms with Crippen LogP contribution in [0.5, 0.6) is 17.2 Å². The Labute approximate surface area is 180 Å². The Morgan fingerprint density at radius 3 is 2.42 bits per heavy atom. The molecule has 0 heterocycles. The summed E-state index contributed by atoms with van der Waals surface area (Å²) in [6.45, 7) is 1.29. The number of halogens is 2. The van der Waals surface area contributed by atoms with Gasteiger partial charge in [0.15, 0.2) is 5.75 Å². The average Bonchev–Trinajstić information content (AvgIpc) is 2.61. The number of amides is 1. The van der Waals surface area contributed by atoms with Gasteiger partial charge in [-0.25, -0.2) is 0 Å². The number of hydrogen-bond donors (Lipinski definition) is 2. The van der Waals surface area contributed by atoms with E-state index in [0.29, 0.717) is 31.7 Å². The Bertz CT molecular complexity index is 712. The van der Waals surface area contributed by atoms with Crippen LogP contribution in [-0.2, 0) is 16.0 Å². The maximum atomic E-state index is 11.9. The van der Waals surface area contributed by atoms with Crippen LogP contribution in [0.2, 0.25) is 0 Å². The van der Waals surface area contributed by atoms with Crippen molar-refractivity contribution in [3.63, 3.8) is 0 Å². The minimum absolute atomic E-state index is 0.0514. The summed E-state index contributed by atoms with van der Waals surface area (Å²) >= 11 is 4.48. The summed E-state index contributed by atoms with van der Waals surface area (Å²) in [7, 11) is 1.65. The van der Waals surface area contributed by atoms with Gasteiger partial charge in [-0.05, 0) is 100.0 Å². The van der Waals surface area contributed by atoms with Crippen LogP contribution < -0.4 is 10.1 Å². The highest BCUT2D eigenvalue weighted by molar-refractivity contribution is 14.1. The molecule has 2 N–H and O–H groups in total. The molecule has 2 rings (SSSR count). The average molecular weight is 581 g/mol. The van der Waals surface area contributed by atoms with E-state index < -0.39 is 0 Å². The van der Waals surface area contributed by atoms with Crippen LogP contribution in [-0.4, -0.2) is 31.3 Å². The van der Waals surface area contributed by atoms with Crippen molar-refractivity contribution >= 4 is 51.1 Å². The fourth-order valence-electron chi connectivity index (χ4n) is 2.28. The second-order valence-electron chi connectivity index (χ2n) is 5.68. The van der Waals surface area contributed by atoms with Crippen LogP contribution in [0.3, 0.4) is 0 Å². The van der Waals surface area contributed by atoms with Crippen molar-refractivity contribution in [3.8, 4) is 17.2 Å². The van der Waals surface area contributed by atoms with E-state index in [1.165, 1.54) is 0 Å². The largest absolute Gasteiger partial charge is 0.508 e. The first-order valence-corrected chi connectivity index (χ1v) is 10.4. The van der Waals surface area contributed by atoms with Gasteiger partial charge in [-0.15, -0.1) is 0 Å². The van der Waals surface area contributed by atoms with Crippen LogP contribution in [0.25, 0.3) is 0 Å². The molecule has 0 aliphatic heterocycles. The highest BCUT2D eigenvalue weighted by atomic mass is 127. The third kappa shape index (κ3) is 6.92. The van der Waals surface area contributed by atoms with Gasteiger partial charge in [0.2, 0.25) is 5.91 Å². The van der Waals surface area contributed by atoms with E-state index in [-0.39, 0.29) is 11.7 Å². The molecule has 0 aliphatic rings. The number of aryl methyl sites for hydroxylation is 1. The van der Waals surface area contributed by atoms with Gasteiger partial charge < -0.3 is 19.9 Å². The lowest BCUT2D eigenvalue weighted by Gasteiger charge is -2.12. The first-order valence-electron chi connectivity index (χ1n) is 8.20. The van der Waals surface area contributed by atoms with E-state index in [9.17, 15) is 9.90 Å². The van der Waals surface area contributed by atoms with Crippen molar-refractivity contribution in [1.82, 2.24) is 5.32 Å². The third-order valence-corrected chi connectivity index (χ3v) is 5.21. The molecule has 7 heteroatoms. The lowest BCUT2D eigenvalue weighted by Crippen LogP contribution is -2.25. The summed E-state index contributed by atoms with van der Waals surface area (Å²) in [5.41, 5.74) is 1.10. The highest BCUT2D eigenvalue weighted by Crippen LogP contribution is 2.33. The van der Waals surface area contributed by atoms with Gasteiger partial charge in [-0.1, -0.05) is 0 Å². The fraction of sp³-hybridized carbons (Fsp3) is 0.316. The van der Waals surface area contributed by atoms with Crippen LogP contribution in [0, 0.1) is 7.14 Å². The van der Waals surface area contributed by atoms with Crippen LogP contribution in [0.15, 0.2) is 36.4 Å². The molecule has 0 spiro atoms. The number of hydrogen-bond acceptors (Lipinski definition) is 4. The Morgan fingerprint density at radius 2 is 1.81 bits per heavy atom. The summed E-state index contributed by atoms with van der Waals surface area (Å²) in [4.78, 5) is 11.9. The number of ether oxygens (including phenoxy) is 2. The molecule has 1 amide bonds. The number of carbonyl (C=O) groups is 1. The molecule has 5 nitrogen and oxygen atoms in total. The van der Waals surface area contributed by atoms with Crippen molar-refractivity contribution < 1.29 is 19.4 Å². The van der Waals surface area contributed by atoms with Crippen molar-refractivity contribution in [3.05, 3.63) is 49.1 Å². The monoisotopic (exact) mass is 581 g/mol. The second kappa shape index (κ2) is 10.9. The summed E-state index contributed by atoms with van der Waals surface area (Å²) in [6, 6.07) is 10.7. The molecular formula is C19H21I2NO4. The normalized spacial score (nSPS) is 10.6. The zero-order valence-corrected chi connectivity index (χ0v) is 18.7. The topological polar surface area (TPSA) is 67.8 Å². The maximum Gasteiger partial charge on any atom is 0.220 e. The van der Waals surface area contributed by atoms with Crippen molar-refractivity contribution in [1.29, 1.82) is 0 Å². The smallest absolute Gasteiger partial charge is 0.220 e. The molecule has 0 saturated heterocycles. The molecular weight excluding hydrogens is 560 g/mol. The number of carbonyl (C=O) groups excluding carboxylic acids is 1. The first-order chi connectivity index (χ1) is 12.5. The molecule has 0 radical (unpaired) electrons. The molecule has 0 fully saturated rings. The van der Waals surface area contributed by atoms with E-state index in [1.54, 1.807) is 31.4 Å². The predicted octanol–water partition coefficient (Wildman–Crippen LogP) is 4.48. The molecule has 2 aromatic carbocycles. The summed E-state index contributed by atoms with van der Waals surface area (Å²) in [5, 5.41) is 12.3. The highest BCUT2D eigenvalue weighted by Gasteiger charge is 2.11. The zero-order valence-electron chi connectivity index (χ0n) is 14.4. The van der Waals surface area contributed by atoms with Crippen molar-refractivity contribution in [2.45, 2.75) is 19.3 Å². The van der Waals surface area contributed by atoms with Gasteiger partial charge in [-0.3, -0.25) is 4.79 Å². The number of aromatic hydroxyl groups is 1. The molecule has 2 aromatic rings. The Hall–Kier alpha value is -1.07. The van der Waals surface area contributed by atoms with Gasteiger partial charge in [0, 0.05) is 26.7 Å². The Morgan fingerprint density at radius 1 is 1.15 bits per heavy atom. The third-order valence-electron chi connectivity index (χ3n) is 3.60. The number of methoxy groups -OCH3 is 1. The first kappa shape index (κ1) is 21.2. The van der Waals surface area contributed by atoms with E-state index in [4.69, 9.17) is 9.47 Å². The second-order valence-corrected chi connectivity index (χ2v) is 8.01. The van der Waals surface area contributed by atoms with Gasteiger partial charge in [0.1, 0.15) is 11.5 Å². The van der Waals surface area contributed by atoms with E-state index in [1.807, 2.05) is 12.1 Å². The zero-order chi connectivity index (χ0) is 18.9. The quantitative estimate of drug-likeness (QED) is 0.339. The maximum absolute atomic E-state index is 11.9. The van der Waals surface area contributed by atoms with Gasteiger partial charge in [0.05, 0.1) is 7.14 Å². The number of nitrogens with one attached hydrogen (secondary N) is 1. The number of benzene rings is 2. The number of phenolic OH excluding ortho intramolecular Hbond substituents is 1. The minimum Gasteiger partial charge on any atom is -0.508 e. The number of phenols is 1. The van der Waals surface area contributed by atoms with Crippen LogP contribution in [0.4, 0.5) is 0 Å². The summed E-state index contributed by atoms with van der Waals surface area (Å²) in [5.74, 6) is 1.71. The molecule has 0 bridgehead atoms. The van der Waals surface area contributed by atoms with Crippen LogP contribution in [0.1, 0.15) is 18.4 Å². The summed E-state index contributed by atoms with van der Waals surface area (Å²) in [6.07, 6.45) is 1.96.